The number of hydrogen-bond acceptors (Lipinski definition) is 7. The molecule has 0 saturated heterocycles. The minimum Gasteiger partial charge on any atom is -0.481 e. The van der Waals surface area contributed by atoms with Gasteiger partial charge in [-0.1, -0.05) is 0 Å². The SMILES string of the molecule is NC(CCC(=O)O)(C(=O)O)C(=O)CCSc1ncccc1S. The highest BCUT2D eigenvalue weighted by atomic mass is 32.2. The Hall–Kier alpha value is -1.58. The van der Waals surface area contributed by atoms with Crippen LogP contribution in [0, 0.1) is 0 Å². The number of nitrogens with zero attached hydrogens (tertiary/aromatic N) is 1. The van der Waals surface area contributed by atoms with Gasteiger partial charge in [0.1, 0.15) is 5.03 Å². The van der Waals surface area contributed by atoms with Crippen LogP contribution in [0.15, 0.2) is 28.3 Å². The van der Waals surface area contributed by atoms with Crippen molar-refractivity contribution in [2.45, 2.75) is 34.7 Å². The highest BCUT2D eigenvalue weighted by Crippen LogP contribution is 2.24. The molecule has 1 aromatic heterocycles. The zero-order valence-electron chi connectivity index (χ0n) is 11.6. The summed E-state index contributed by atoms with van der Waals surface area (Å²) in [6.45, 7) is 0. The molecule has 0 aromatic carbocycles. The predicted molar refractivity (Wildman–Crippen MR) is 83.3 cm³/mol. The van der Waals surface area contributed by atoms with Crippen molar-refractivity contribution < 1.29 is 24.6 Å². The van der Waals surface area contributed by atoms with Crippen LogP contribution in [0.25, 0.3) is 0 Å². The maximum Gasteiger partial charge on any atom is 0.331 e. The monoisotopic (exact) mass is 344 g/mol. The lowest BCUT2D eigenvalue weighted by atomic mass is 9.88. The number of nitrogens with two attached hydrogens (primary N) is 1. The Morgan fingerprint density at radius 1 is 1.32 bits per heavy atom. The molecule has 1 aromatic rings. The molecule has 7 nitrogen and oxygen atoms in total. The molecule has 9 heteroatoms. The molecule has 0 fully saturated rings. The van der Waals surface area contributed by atoms with Crippen molar-refractivity contribution in [1.29, 1.82) is 0 Å². The van der Waals surface area contributed by atoms with E-state index in [1.54, 1.807) is 18.3 Å². The van der Waals surface area contributed by atoms with Gasteiger partial charge in [0, 0.05) is 29.7 Å². The molecule has 0 amide bonds. The van der Waals surface area contributed by atoms with Crippen molar-refractivity contribution in [1.82, 2.24) is 4.98 Å². The fourth-order valence-electron chi connectivity index (χ4n) is 1.63. The number of aliphatic carboxylic acids is 2. The average Bonchev–Trinajstić information content (AvgIpc) is 2.46. The smallest absolute Gasteiger partial charge is 0.331 e. The van der Waals surface area contributed by atoms with E-state index < -0.39 is 36.1 Å². The van der Waals surface area contributed by atoms with Crippen LogP contribution >= 0.6 is 24.4 Å². The van der Waals surface area contributed by atoms with E-state index in [0.717, 1.165) is 0 Å². The van der Waals surface area contributed by atoms with E-state index in [0.29, 0.717) is 9.92 Å². The Morgan fingerprint density at radius 2 is 2.00 bits per heavy atom. The van der Waals surface area contributed by atoms with Crippen LogP contribution in [0.1, 0.15) is 19.3 Å². The number of carbonyl (C=O) groups is 3. The zero-order chi connectivity index (χ0) is 16.8. The highest BCUT2D eigenvalue weighted by Gasteiger charge is 2.41. The van der Waals surface area contributed by atoms with Crippen LogP contribution in [0.5, 0.6) is 0 Å². The largest absolute Gasteiger partial charge is 0.481 e. The summed E-state index contributed by atoms with van der Waals surface area (Å²) >= 11 is 5.47. The van der Waals surface area contributed by atoms with Gasteiger partial charge in [-0.05, 0) is 18.6 Å². The van der Waals surface area contributed by atoms with Crippen molar-refractivity contribution in [3.05, 3.63) is 18.3 Å². The molecule has 1 unspecified atom stereocenters. The number of thioether (sulfide) groups is 1. The number of pyridine rings is 1. The predicted octanol–water partition coefficient (Wildman–Crippen LogP) is 1.07. The number of rotatable bonds is 9. The van der Waals surface area contributed by atoms with Gasteiger partial charge in [0.05, 0.1) is 0 Å². The zero-order valence-corrected chi connectivity index (χ0v) is 13.3. The number of carbonyl (C=O) groups excluding carboxylic acids is 1. The van der Waals surface area contributed by atoms with Crippen LogP contribution < -0.4 is 5.73 Å². The normalized spacial score (nSPS) is 13.4. The number of aromatic nitrogens is 1. The first-order valence-corrected chi connectivity index (χ1v) is 7.75. The first-order chi connectivity index (χ1) is 10.3. The third-order valence-corrected chi connectivity index (χ3v) is 4.45. The maximum atomic E-state index is 12.0. The van der Waals surface area contributed by atoms with Crippen LogP contribution in [0.4, 0.5) is 0 Å². The second-order valence-corrected chi connectivity index (χ2v) is 6.08. The van der Waals surface area contributed by atoms with E-state index in [4.69, 9.17) is 15.9 Å². The van der Waals surface area contributed by atoms with E-state index in [1.165, 1.54) is 11.8 Å². The quantitative estimate of drug-likeness (QED) is 0.297. The minimum atomic E-state index is -2.17. The lowest BCUT2D eigenvalue weighted by Crippen LogP contribution is -2.55. The van der Waals surface area contributed by atoms with Crippen molar-refractivity contribution in [2.75, 3.05) is 5.75 Å². The van der Waals surface area contributed by atoms with Gasteiger partial charge in [0.25, 0.3) is 0 Å². The number of thiol groups is 1. The summed E-state index contributed by atoms with van der Waals surface area (Å²) in [5.74, 6) is -3.14. The Morgan fingerprint density at radius 3 is 2.55 bits per heavy atom. The van der Waals surface area contributed by atoms with Gasteiger partial charge in [0.15, 0.2) is 11.3 Å². The third-order valence-electron chi connectivity index (χ3n) is 2.93. The molecule has 0 bridgehead atoms. The van der Waals surface area contributed by atoms with Crippen LogP contribution in [0.2, 0.25) is 0 Å². The number of carboxylic acid groups (broad SMARTS) is 2. The number of hydrogen-bond donors (Lipinski definition) is 4. The minimum absolute atomic E-state index is 0.100. The van der Waals surface area contributed by atoms with Crippen molar-refractivity contribution >= 4 is 42.1 Å². The fourth-order valence-corrected chi connectivity index (χ4v) is 2.80. The first-order valence-electron chi connectivity index (χ1n) is 6.31. The van der Waals surface area contributed by atoms with E-state index >= 15 is 0 Å². The van der Waals surface area contributed by atoms with E-state index in [-0.39, 0.29) is 12.2 Å². The number of carboxylic acids is 2. The number of ketones is 1. The molecule has 22 heavy (non-hydrogen) atoms. The molecular formula is C13H16N2O5S2. The molecule has 1 heterocycles. The molecule has 0 aliphatic rings. The van der Waals surface area contributed by atoms with E-state index in [9.17, 15) is 14.4 Å². The molecule has 0 radical (unpaired) electrons. The van der Waals surface area contributed by atoms with E-state index in [2.05, 4.69) is 17.6 Å². The lowest BCUT2D eigenvalue weighted by Gasteiger charge is -2.22. The Balaban J connectivity index is 2.62. The first kappa shape index (κ1) is 18.5. The maximum absolute atomic E-state index is 12.0. The summed E-state index contributed by atoms with van der Waals surface area (Å²) in [7, 11) is 0. The van der Waals surface area contributed by atoms with Gasteiger partial charge in [-0.15, -0.1) is 24.4 Å². The average molecular weight is 344 g/mol. The summed E-state index contributed by atoms with van der Waals surface area (Å²) in [5.41, 5.74) is 3.42. The van der Waals surface area contributed by atoms with Crippen LogP contribution in [-0.4, -0.2) is 44.2 Å². The molecule has 1 rings (SSSR count). The molecule has 0 aliphatic carbocycles. The fraction of sp³-hybridized carbons (Fsp3) is 0.385. The Kier molecular flexibility index (Phi) is 6.85. The third kappa shape index (κ3) is 5.00. The van der Waals surface area contributed by atoms with Gasteiger partial charge >= 0.3 is 11.9 Å². The second kappa shape index (κ2) is 8.16. The Bertz CT molecular complexity index is 581. The molecule has 0 aliphatic heterocycles. The molecule has 4 N–H and O–H groups in total. The van der Waals surface area contributed by atoms with Gasteiger partial charge in [-0.2, -0.15) is 0 Å². The number of Topliss-reactive ketones (excluding diaryl/α,β-unsaturated/α-hetero) is 1. The van der Waals surface area contributed by atoms with Gasteiger partial charge in [-0.3, -0.25) is 9.59 Å². The van der Waals surface area contributed by atoms with E-state index in [1.807, 2.05) is 0 Å². The van der Waals surface area contributed by atoms with Crippen LogP contribution in [-0.2, 0) is 14.4 Å². The standard InChI is InChI=1S/C13H16N2O5S2/c14-13(12(19)20,5-3-10(17)18)9(16)4-7-22-11-8(21)2-1-6-15-11/h1-2,6,21H,3-5,7,14H2,(H,17,18)(H,19,20). The summed E-state index contributed by atoms with van der Waals surface area (Å²) in [6, 6.07) is 3.47. The Labute approximate surface area is 136 Å². The molecule has 1 atom stereocenters. The summed E-state index contributed by atoms with van der Waals surface area (Å²) in [4.78, 5) is 38.5. The highest BCUT2D eigenvalue weighted by molar-refractivity contribution is 7.99. The molecule has 0 saturated carbocycles. The van der Waals surface area contributed by atoms with Gasteiger partial charge in [-0.25, -0.2) is 9.78 Å². The van der Waals surface area contributed by atoms with Crippen molar-refractivity contribution in [2.24, 2.45) is 5.73 Å². The summed E-state index contributed by atoms with van der Waals surface area (Å²) in [5, 5.41) is 18.3. The molecule has 0 spiro atoms. The summed E-state index contributed by atoms with van der Waals surface area (Å²) < 4.78 is 0. The topological polar surface area (TPSA) is 131 Å². The molecule has 120 valence electrons. The van der Waals surface area contributed by atoms with Crippen LogP contribution in [0.3, 0.4) is 0 Å². The summed E-state index contributed by atoms with van der Waals surface area (Å²) in [6.07, 6.45) is 0.559. The van der Waals surface area contributed by atoms with Gasteiger partial charge in [0.2, 0.25) is 0 Å². The second-order valence-electron chi connectivity index (χ2n) is 4.52. The lowest BCUT2D eigenvalue weighted by molar-refractivity contribution is -0.149. The molecular weight excluding hydrogens is 328 g/mol. The van der Waals surface area contributed by atoms with Crippen molar-refractivity contribution in [3.63, 3.8) is 0 Å². The van der Waals surface area contributed by atoms with Crippen molar-refractivity contribution in [3.8, 4) is 0 Å². The van der Waals surface area contributed by atoms with Gasteiger partial charge < -0.3 is 15.9 Å².